The van der Waals surface area contributed by atoms with Crippen LogP contribution < -0.4 is 5.73 Å². The number of carbonyl (C=O) groups is 2. The van der Waals surface area contributed by atoms with Crippen molar-refractivity contribution in [3.63, 3.8) is 0 Å². The normalized spacial score (nSPS) is 27.1. The van der Waals surface area contributed by atoms with Crippen molar-refractivity contribution in [2.24, 2.45) is 11.7 Å². The van der Waals surface area contributed by atoms with Gasteiger partial charge in [0.15, 0.2) is 9.84 Å². The first-order chi connectivity index (χ1) is 9.28. The highest BCUT2D eigenvalue weighted by Crippen LogP contribution is 2.33. The number of hydrogen-bond donors (Lipinski definition) is 2. The number of sulfone groups is 1. The van der Waals surface area contributed by atoms with Crippen LogP contribution in [0.3, 0.4) is 0 Å². The zero-order valence-corrected chi connectivity index (χ0v) is 12.0. The molecule has 2 aliphatic rings. The second-order valence-electron chi connectivity index (χ2n) is 5.66. The van der Waals surface area contributed by atoms with Gasteiger partial charge in [-0.05, 0) is 18.8 Å². The minimum atomic E-state index is -3.26. The highest BCUT2D eigenvalue weighted by molar-refractivity contribution is 7.91. The van der Waals surface area contributed by atoms with E-state index in [1.165, 1.54) is 4.90 Å². The van der Waals surface area contributed by atoms with Gasteiger partial charge in [-0.25, -0.2) is 8.42 Å². The lowest BCUT2D eigenvalue weighted by atomic mass is 10.1. The van der Waals surface area contributed by atoms with Crippen LogP contribution in [0.5, 0.6) is 0 Å². The predicted octanol–water partition coefficient (Wildman–Crippen LogP) is -0.786. The number of carboxylic acid groups (broad SMARTS) is 1. The number of carbonyl (C=O) groups excluding carboxylic acids is 1. The van der Waals surface area contributed by atoms with E-state index in [1.807, 2.05) is 0 Å². The smallest absolute Gasteiger partial charge is 0.305 e. The Bertz CT molecular complexity index is 500. The Morgan fingerprint density at radius 1 is 1.35 bits per heavy atom. The third-order valence-electron chi connectivity index (χ3n) is 3.90. The van der Waals surface area contributed by atoms with Crippen molar-refractivity contribution in [1.29, 1.82) is 0 Å². The fourth-order valence-electron chi connectivity index (χ4n) is 2.60. The second kappa shape index (κ2) is 5.69. The molecule has 0 bridgehead atoms. The van der Waals surface area contributed by atoms with Crippen molar-refractivity contribution in [3.8, 4) is 0 Å². The minimum absolute atomic E-state index is 0.0660. The molecule has 0 aromatic heterocycles. The zero-order chi connectivity index (χ0) is 14.9. The number of aliphatic carboxylic acids is 1. The summed E-state index contributed by atoms with van der Waals surface area (Å²) in [5.41, 5.74) is 5.90. The van der Waals surface area contributed by atoms with Crippen LogP contribution in [0.4, 0.5) is 0 Å². The van der Waals surface area contributed by atoms with E-state index in [9.17, 15) is 18.0 Å². The molecule has 0 spiro atoms. The van der Waals surface area contributed by atoms with Crippen LogP contribution in [0, 0.1) is 5.92 Å². The number of hydrogen-bond acceptors (Lipinski definition) is 5. The van der Waals surface area contributed by atoms with Gasteiger partial charge in [-0.1, -0.05) is 0 Å². The van der Waals surface area contributed by atoms with Crippen molar-refractivity contribution < 1.29 is 23.1 Å². The average molecular weight is 304 g/mol. The maximum Gasteiger partial charge on any atom is 0.305 e. The molecule has 2 rings (SSSR count). The summed E-state index contributed by atoms with van der Waals surface area (Å²) in [6.07, 6.45) is 1.88. The molecule has 1 aliphatic carbocycles. The van der Waals surface area contributed by atoms with Crippen LogP contribution in [0.2, 0.25) is 0 Å². The van der Waals surface area contributed by atoms with Crippen molar-refractivity contribution >= 4 is 21.7 Å². The number of amides is 1. The maximum absolute atomic E-state index is 12.2. The molecular weight excluding hydrogens is 284 g/mol. The monoisotopic (exact) mass is 304 g/mol. The summed E-state index contributed by atoms with van der Waals surface area (Å²) in [6.45, 7) is 0.0660. The lowest BCUT2D eigenvalue weighted by molar-refractivity contribution is -0.140. The van der Waals surface area contributed by atoms with Crippen LogP contribution in [0.15, 0.2) is 0 Å². The van der Waals surface area contributed by atoms with Crippen molar-refractivity contribution in [2.75, 3.05) is 18.1 Å². The largest absolute Gasteiger partial charge is 0.481 e. The highest BCUT2D eigenvalue weighted by Gasteiger charge is 2.37. The molecule has 0 aromatic carbocycles. The van der Waals surface area contributed by atoms with Gasteiger partial charge in [-0.3, -0.25) is 9.59 Å². The first kappa shape index (κ1) is 15.2. The van der Waals surface area contributed by atoms with E-state index in [1.54, 1.807) is 0 Å². The summed E-state index contributed by atoms with van der Waals surface area (Å²) >= 11 is 0. The summed E-state index contributed by atoms with van der Waals surface area (Å²) in [4.78, 5) is 24.4. The zero-order valence-electron chi connectivity index (χ0n) is 11.2. The van der Waals surface area contributed by atoms with E-state index >= 15 is 0 Å². The fourth-order valence-corrected chi connectivity index (χ4v) is 4.12. The number of carboxylic acids is 1. The molecule has 1 saturated carbocycles. The number of rotatable bonds is 5. The third-order valence-corrected chi connectivity index (χ3v) is 5.60. The Hall–Kier alpha value is -1.15. The fraction of sp³-hybridized carbons (Fsp3) is 0.833. The Balaban J connectivity index is 2.02. The SMILES string of the molecule is NC(CC(=O)N1CCS(=O)(=O)CC1CC(=O)O)C1CC1. The molecule has 1 amide bonds. The Kier molecular flexibility index (Phi) is 4.33. The molecule has 1 heterocycles. The molecule has 8 heteroatoms. The number of nitrogens with zero attached hydrogens (tertiary/aromatic N) is 1. The summed E-state index contributed by atoms with van der Waals surface area (Å²) in [5, 5.41) is 8.86. The lowest BCUT2D eigenvalue weighted by Gasteiger charge is -2.35. The van der Waals surface area contributed by atoms with Gasteiger partial charge in [0.2, 0.25) is 5.91 Å². The summed E-state index contributed by atoms with van der Waals surface area (Å²) in [5.74, 6) is -1.33. The Labute approximate surface area is 118 Å². The van der Waals surface area contributed by atoms with Crippen LogP contribution in [-0.2, 0) is 19.4 Å². The quantitative estimate of drug-likeness (QED) is 0.687. The van der Waals surface area contributed by atoms with Crippen molar-refractivity contribution in [2.45, 2.75) is 37.8 Å². The molecule has 3 N–H and O–H groups in total. The minimum Gasteiger partial charge on any atom is -0.481 e. The van der Waals surface area contributed by atoms with Crippen molar-refractivity contribution in [1.82, 2.24) is 4.90 Å². The first-order valence-corrected chi connectivity index (χ1v) is 8.58. The van der Waals surface area contributed by atoms with Gasteiger partial charge in [-0.2, -0.15) is 0 Å². The van der Waals surface area contributed by atoms with Gasteiger partial charge in [0.05, 0.1) is 24.0 Å². The standard InChI is InChI=1S/C12H20N2O5S/c13-10(8-1-2-8)6-11(15)14-3-4-20(18,19)7-9(14)5-12(16)17/h8-10H,1-7,13H2,(H,16,17). The average Bonchev–Trinajstić information content (AvgIpc) is 3.09. The van der Waals surface area contributed by atoms with E-state index in [0.717, 1.165) is 12.8 Å². The van der Waals surface area contributed by atoms with Gasteiger partial charge in [0.1, 0.15) is 0 Å². The molecule has 2 fully saturated rings. The van der Waals surface area contributed by atoms with Gasteiger partial charge >= 0.3 is 5.97 Å². The van der Waals surface area contributed by atoms with Gasteiger partial charge in [-0.15, -0.1) is 0 Å². The molecule has 1 saturated heterocycles. The van der Waals surface area contributed by atoms with Crippen LogP contribution in [0.1, 0.15) is 25.7 Å². The maximum atomic E-state index is 12.2. The van der Waals surface area contributed by atoms with E-state index < -0.39 is 21.8 Å². The van der Waals surface area contributed by atoms with Crippen LogP contribution >= 0.6 is 0 Å². The highest BCUT2D eigenvalue weighted by atomic mass is 32.2. The molecule has 0 radical (unpaired) electrons. The molecule has 0 aromatic rings. The van der Waals surface area contributed by atoms with Crippen LogP contribution in [0.25, 0.3) is 0 Å². The molecule has 114 valence electrons. The van der Waals surface area contributed by atoms with E-state index in [-0.39, 0.29) is 42.8 Å². The Morgan fingerprint density at radius 2 is 2.00 bits per heavy atom. The first-order valence-electron chi connectivity index (χ1n) is 6.76. The molecule has 20 heavy (non-hydrogen) atoms. The molecule has 1 aliphatic heterocycles. The molecule has 2 atom stereocenters. The second-order valence-corrected chi connectivity index (χ2v) is 7.89. The molecule has 2 unspecified atom stereocenters. The Morgan fingerprint density at radius 3 is 2.55 bits per heavy atom. The predicted molar refractivity (Wildman–Crippen MR) is 71.7 cm³/mol. The summed E-state index contributed by atoms with van der Waals surface area (Å²) < 4.78 is 23.2. The van der Waals surface area contributed by atoms with Crippen molar-refractivity contribution in [3.05, 3.63) is 0 Å². The van der Waals surface area contributed by atoms with Gasteiger partial charge in [0.25, 0.3) is 0 Å². The number of nitrogens with two attached hydrogens (primary N) is 1. The van der Waals surface area contributed by atoms with E-state index in [0.29, 0.717) is 5.92 Å². The summed E-state index contributed by atoms with van der Waals surface area (Å²) in [7, 11) is -3.26. The van der Waals surface area contributed by atoms with Gasteiger partial charge in [0, 0.05) is 19.0 Å². The third kappa shape index (κ3) is 3.92. The topological polar surface area (TPSA) is 118 Å². The molecule has 7 nitrogen and oxygen atoms in total. The lowest BCUT2D eigenvalue weighted by Crippen LogP contribution is -2.53. The molecular formula is C12H20N2O5S. The van der Waals surface area contributed by atoms with E-state index in [4.69, 9.17) is 10.8 Å². The van der Waals surface area contributed by atoms with Gasteiger partial charge < -0.3 is 15.7 Å². The van der Waals surface area contributed by atoms with Crippen LogP contribution in [-0.4, -0.2) is 60.4 Å². The van der Waals surface area contributed by atoms with E-state index in [2.05, 4.69) is 0 Å². The summed E-state index contributed by atoms with van der Waals surface area (Å²) in [6, 6.07) is -0.975.